The molecule has 1 aromatic rings. The van der Waals surface area contributed by atoms with E-state index in [4.69, 9.17) is 11.6 Å². The highest BCUT2D eigenvalue weighted by Crippen LogP contribution is 2.72. The zero-order chi connectivity index (χ0) is 14.4. The molecule has 3 heteroatoms. The predicted molar refractivity (Wildman–Crippen MR) is 78.9 cm³/mol. The molecule has 19 heavy (non-hydrogen) atoms. The predicted octanol–water partition coefficient (Wildman–Crippen LogP) is 4.81. The van der Waals surface area contributed by atoms with Gasteiger partial charge in [0.1, 0.15) is 5.82 Å². The molecule has 1 aromatic carbocycles. The first-order valence-electron chi connectivity index (χ1n) is 6.91. The van der Waals surface area contributed by atoms with E-state index in [-0.39, 0.29) is 22.7 Å². The number of hydrogen-bond acceptors (Lipinski definition) is 1. The van der Waals surface area contributed by atoms with Crippen molar-refractivity contribution in [1.29, 1.82) is 0 Å². The van der Waals surface area contributed by atoms with E-state index < -0.39 is 0 Å². The van der Waals surface area contributed by atoms with E-state index in [9.17, 15) is 4.39 Å². The van der Waals surface area contributed by atoms with Gasteiger partial charge >= 0.3 is 0 Å². The van der Waals surface area contributed by atoms with Gasteiger partial charge in [-0.25, -0.2) is 4.39 Å². The number of hydrogen-bond donors (Lipinski definition) is 1. The standard InChI is InChI=1S/C16H23ClFN/c1-6-19-13(14-15(2,3)16(14,4)5)11-9-10(18)7-8-12(11)17/h7-9,13-14,19H,6H2,1-5H3. The number of benzene rings is 1. The van der Waals surface area contributed by atoms with Crippen LogP contribution in [0, 0.1) is 22.6 Å². The fraction of sp³-hybridized carbons (Fsp3) is 0.625. The molecule has 1 saturated carbocycles. The SMILES string of the molecule is CCNC(c1cc(F)ccc1Cl)C1C(C)(C)C1(C)C. The number of halogens is 2. The average molecular weight is 284 g/mol. The van der Waals surface area contributed by atoms with Crippen LogP contribution in [-0.2, 0) is 0 Å². The normalized spacial score (nSPS) is 22.3. The van der Waals surface area contributed by atoms with Gasteiger partial charge in [0.25, 0.3) is 0 Å². The van der Waals surface area contributed by atoms with Gasteiger partial charge in [0, 0.05) is 11.1 Å². The molecular formula is C16H23ClFN. The minimum absolute atomic E-state index is 0.109. The molecule has 0 spiro atoms. The zero-order valence-corrected chi connectivity index (χ0v) is 13.1. The van der Waals surface area contributed by atoms with Crippen LogP contribution < -0.4 is 5.32 Å². The van der Waals surface area contributed by atoms with Crippen molar-refractivity contribution in [3.05, 3.63) is 34.6 Å². The molecule has 1 aliphatic carbocycles. The van der Waals surface area contributed by atoms with Crippen molar-refractivity contribution in [3.8, 4) is 0 Å². The Morgan fingerprint density at radius 1 is 1.26 bits per heavy atom. The lowest BCUT2D eigenvalue weighted by molar-refractivity contribution is 0.416. The molecule has 0 saturated heterocycles. The van der Waals surface area contributed by atoms with Gasteiger partial charge in [0.15, 0.2) is 0 Å². The molecule has 0 aromatic heterocycles. The van der Waals surface area contributed by atoms with Crippen molar-refractivity contribution in [2.24, 2.45) is 16.7 Å². The summed E-state index contributed by atoms with van der Waals surface area (Å²) in [5.41, 5.74) is 1.34. The summed E-state index contributed by atoms with van der Waals surface area (Å²) in [5, 5.41) is 4.13. The summed E-state index contributed by atoms with van der Waals surface area (Å²) >= 11 is 6.28. The van der Waals surface area contributed by atoms with Gasteiger partial charge in [-0.2, -0.15) is 0 Å². The second kappa shape index (κ2) is 4.75. The van der Waals surface area contributed by atoms with Gasteiger partial charge in [-0.15, -0.1) is 0 Å². The maximum absolute atomic E-state index is 13.5. The van der Waals surface area contributed by atoms with Crippen LogP contribution in [0.1, 0.15) is 46.2 Å². The Morgan fingerprint density at radius 2 is 1.84 bits per heavy atom. The first kappa shape index (κ1) is 14.8. The van der Waals surface area contributed by atoms with Crippen LogP contribution in [0.3, 0.4) is 0 Å². The van der Waals surface area contributed by atoms with Gasteiger partial charge < -0.3 is 5.32 Å². The van der Waals surface area contributed by atoms with Gasteiger partial charge in [-0.1, -0.05) is 46.2 Å². The van der Waals surface area contributed by atoms with Crippen molar-refractivity contribution in [2.45, 2.75) is 40.7 Å². The van der Waals surface area contributed by atoms with Crippen LogP contribution in [-0.4, -0.2) is 6.54 Å². The summed E-state index contributed by atoms with van der Waals surface area (Å²) in [6.45, 7) is 12.0. The fourth-order valence-corrected chi connectivity index (χ4v) is 3.70. The minimum Gasteiger partial charge on any atom is -0.310 e. The van der Waals surface area contributed by atoms with Crippen LogP contribution in [0.5, 0.6) is 0 Å². The molecule has 106 valence electrons. The second-order valence-corrected chi connectivity index (χ2v) is 7.03. The first-order chi connectivity index (χ1) is 8.73. The van der Waals surface area contributed by atoms with Crippen LogP contribution in [0.15, 0.2) is 18.2 Å². The maximum atomic E-state index is 13.5. The van der Waals surface area contributed by atoms with Crippen molar-refractivity contribution >= 4 is 11.6 Å². The summed E-state index contributed by atoms with van der Waals surface area (Å²) in [6, 6.07) is 4.75. The molecule has 1 aliphatic rings. The number of rotatable bonds is 4. The highest BCUT2D eigenvalue weighted by atomic mass is 35.5. The third-order valence-corrected chi connectivity index (χ3v) is 5.53. The molecule has 1 atom stereocenters. The molecule has 0 aliphatic heterocycles. The average Bonchev–Trinajstić information content (AvgIpc) is 2.71. The molecule has 2 rings (SSSR count). The summed E-state index contributed by atoms with van der Waals surface area (Å²) in [7, 11) is 0. The Bertz CT molecular complexity index is 468. The van der Waals surface area contributed by atoms with Gasteiger partial charge in [-0.05, 0) is 47.1 Å². The summed E-state index contributed by atoms with van der Waals surface area (Å²) in [4.78, 5) is 0. The van der Waals surface area contributed by atoms with Crippen molar-refractivity contribution in [1.82, 2.24) is 5.32 Å². The monoisotopic (exact) mass is 283 g/mol. The third kappa shape index (κ3) is 2.30. The van der Waals surface area contributed by atoms with E-state index >= 15 is 0 Å². The summed E-state index contributed by atoms with van der Waals surface area (Å²) in [5.74, 6) is 0.234. The molecule has 0 bridgehead atoms. The first-order valence-corrected chi connectivity index (χ1v) is 7.29. The Balaban J connectivity index is 2.40. The quantitative estimate of drug-likeness (QED) is 0.836. The smallest absolute Gasteiger partial charge is 0.123 e. The fourth-order valence-electron chi connectivity index (χ4n) is 3.46. The largest absolute Gasteiger partial charge is 0.310 e. The van der Waals surface area contributed by atoms with Crippen molar-refractivity contribution < 1.29 is 4.39 Å². The molecule has 0 amide bonds. The number of nitrogens with one attached hydrogen (secondary N) is 1. The molecule has 1 fully saturated rings. The lowest BCUT2D eigenvalue weighted by atomic mass is 9.96. The van der Waals surface area contributed by atoms with Crippen molar-refractivity contribution in [3.63, 3.8) is 0 Å². The molecule has 1 N–H and O–H groups in total. The van der Waals surface area contributed by atoms with E-state index in [1.807, 2.05) is 0 Å². The summed E-state index contributed by atoms with van der Waals surface area (Å²) < 4.78 is 13.5. The highest BCUT2D eigenvalue weighted by Gasteiger charge is 2.67. The van der Waals surface area contributed by atoms with E-state index in [1.165, 1.54) is 6.07 Å². The van der Waals surface area contributed by atoms with Crippen LogP contribution in [0.25, 0.3) is 0 Å². The Labute approximate surface area is 120 Å². The van der Waals surface area contributed by atoms with Gasteiger partial charge in [-0.3, -0.25) is 0 Å². The molecule has 1 unspecified atom stereocenters. The second-order valence-electron chi connectivity index (χ2n) is 6.62. The van der Waals surface area contributed by atoms with Crippen LogP contribution in [0.4, 0.5) is 4.39 Å². The lowest BCUT2D eigenvalue weighted by Gasteiger charge is -2.22. The molecule has 0 heterocycles. The van der Waals surface area contributed by atoms with Crippen LogP contribution >= 0.6 is 11.6 Å². The van der Waals surface area contributed by atoms with Gasteiger partial charge in [0.05, 0.1) is 0 Å². The Kier molecular flexibility index (Phi) is 3.70. The van der Waals surface area contributed by atoms with E-state index in [1.54, 1.807) is 12.1 Å². The molecule has 1 nitrogen and oxygen atoms in total. The van der Waals surface area contributed by atoms with Crippen LogP contribution in [0.2, 0.25) is 5.02 Å². The molecule has 0 radical (unpaired) electrons. The summed E-state index contributed by atoms with van der Waals surface area (Å²) in [6.07, 6.45) is 0. The van der Waals surface area contributed by atoms with Gasteiger partial charge in [0.2, 0.25) is 0 Å². The van der Waals surface area contributed by atoms with E-state index in [0.717, 1.165) is 12.1 Å². The Hall–Kier alpha value is -0.600. The van der Waals surface area contributed by atoms with E-state index in [2.05, 4.69) is 39.9 Å². The maximum Gasteiger partial charge on any atom is 0.123 e. The third-order valence-electron chi connectivity index (χ3n) is 5.18. The Morgan fingerprint density at radius 3 is 2.32 bits per heavy atom. The lowest BCUT2D eigenvalue weighted by Crippen LogP contribution is -2.25. The van der Waals surface area contributed by atoms with Crippen molar-refractivity contribution in [2.75, 3.05) is 6.54 Å². The molecular weight excluding hydrogens is 261 g/mol. The topological polar surface area (TPSA) is 12.0 Å². The minimum atomic E-state index is -0.224. The zero-order valence-electron chi connectivity index (χ0n) is 12.3. The highest BCUT2D eigenvalue weighted by molar-refractivity contribution is 6.31. The van der Waals surface area contributed by atoms with E-state index in [0.29, 0.717) is 10.9 Å².